The Labute approximate surface area is 157 Å². The van der Waals surface area contributed by atoms with Gasteiger partial charge in [-0.15, -0.1) is 0 Å². The lowest BCUT2D eigenvalue weighted by Gasteiger charge is -2.09. The van der Waals surface area contributed by atoms with E-state index in [9.17, 15) is 28.5 Å². The SMILES string of the molecule is O=C(Nc1ccc(F)c(F)c1)c1ccc(=O)n(Cc2ccc([N+](=O)[O-])cc2)c1. The molecule has 0 saturated heterocycles. The molecule has 0 spiro atoms. The Kier molecular flexibility index (Phi) is 5.25. The van der Waals surface area contributed by atoms with Crippen LogP contribution < -0.4 is 10.9 Å². The lowest BCUT2D eigenvalue weighted by atomic mass is 10.2. The Morgan fingerprint density at radius 1 is 1.04 bits per heavy atom. The van der Waals surface area contributed by atoms with Gasteiger partial charge in [0, 0.05) is 36.1 Å². The van der Waals surface area contributed by atoms with Crippen LogP contribution >= 0.6 is 0 Å². The van der Waals surface area contributed by atoms with E-state index >= 15 is 0 Å². The molecule has 1 amide bonds. The van der Waals surface area contributed by atoms with E-state index in [0.29, 0.717) is 5.56 Å². The minimum atomic E-state index is -1.10. The van der Waals surface area contributed by atoms with Crippen LogP contribution in [0.5, 0.6) is 0 Å². The molecule has 2 aromatic carbocycles. The number of carbonyl (C=O) groups excluding carboxylic acids is 1. The highest BCUT2D eigenvalue weighted by Crippen LogP contribution is 2.15. The molecule has 1 aromatic heterocycles. The molecule has 7 nitrogen and oxygen atoms in total. The van der Waals surface area contributed by atoms with Gasteiger partial charge < -0.3 is 9.88 Å². The van der Waals surface area contributed by atoms with Gasteiger partial charge in [-0.3, -0.25) is 19.7 Å². The van der Waals surface area contributed by atoms with Crippen molar-refractivity contribution in [1.29, 1.82) is 0 Å². The van der Waals surface area contributed by atoms with E-state index in [1.807, 2.05) is 0 Å². The van der Waals surface area contributed by atoms with Crippen LogP contribution in [0.2, 0.25) is 0 Å². The topological polar surface area (TPSA) is 94.2 Å². The molecule has 1 N–H and O–H groups in total. The fourth-order valence-electron chi connectivity index (χ4n) is 2.49. The maximum atomic E-state index is 13.3. The number of nitrogens with one attached hydrogen (secondary N) is 1. The molecule has 3 rings (SSSR count). The fourth-order valence-corrected chi connectivity index (χ4v) is 2.49. The smallest absolute Gasteiger partial charge is 0.269 e. The number of hydrogen-bond acceptors (Lipinski definition) is 4. The summed E-state index contributed by atoms with van der Waals surface area (Å²) < 4.78 is 27.5. The molecule has 0 aliphatic heterocycles. The highest BCUT2D eigenvalue weighted by atomic mass is 19.2. The second-order valence-electron chi connectivity index (χ2n) is 5.89. The zero-order valence-electron chi connectivity index (χ0n) is 14.3. The lowest BCUT2D eigenvalue weighted by Crippen LogP contribution is -2.22. The molecule has 0 saturated carbocycles. The molecule has 1 heterocycles. The molecule has 142 valence electrons. The third-order valence-corrected chi connectivity index (χ3v) is 3.92. The second-order valence-corrected chi connectivity index (χ2v) is 5.89. The highest BCUT2D eigenvalue weighted by Gasteiger charge is 2.11. The first-order chi connectivity index (χ1) is 13.3. The van der Waals surface area contributed by atoms with Crippen molar-refractivity contribution in [2.24, 2.45) is 0 Å². The average molecular weight is 385 g/mol. The Morgan fingerprint density at radius 2 is 1.75 bits per heavy atom. The number of anilines is 1. The van der Waals surface area contributed by atoms with Crippen LogP contribution in [-0.2, 0) is 6.54 Å². The van der Waals surface area contributed by atoms with E-state index < -0.39 is 22.5 Å². The maximum Gasteiger partial charge on any atom is 0.269 e. The molecule has 28 heavy (non-hydrogen) atoms. The van der Waals surface area contributed by atoms with E-state index in [1.54, 1.807) is 0 Å². The monoisotopic (exact) mass is 385 g/mol. The van der Waals surface area contributed by atoms with Gasteiger partial charge in [-0.2, -0.15) is 0 Å². The van der Waals surface area contributed by atoms with Crippen molar-refractivity contribution >= 4 is 17.3 Å². The minimum Gasteiger partial charge on any atom is -0.322 e. The van der Waals surface area contributed by atoms with Crippen molar-refractivity contribution in [2.45, 2.75) is 6.54 Å². The number of aromatic nitrogens is 1. The molecule has 3 aromatic rings. The Morgan fingerprint density at radius 3 is 2.39 bits per heavy atom. The average Bonchev–Trinajstić information content (AvgIpc) is 2.67. The normalized spacial score (nSPS) is 10.5. The number of nitro benzene ring substituents is 1. The molecular weight excluding hydrogens is 372 g/mol. The summed E-state index contributed by atoms with van der Waals surface area (Å²) in [6.07, 6.45) is 1.32. The Balaban J connectivity index is 1.80. The van der Waals surface area contributed by atoms with Gasteiger partial charge in [0.25, 0.3) is 17.2 Å². The fraction of sp³-hybridized carbons (Fsp3) is 0.0526. The largest absolute Gasteiger partial charge is 0.322 e. The number of nitrogens with zero attached hydrogens (tertiary/aromatic N) is 2. The van der Waals surface area contributed by atoms with E-state index in [-0.39, 0.29) is 29.0 Å². The van der Waals surface area contributed by atoms with E-state index in [1.165, 1.54) is 53.2 Å². The van der Waals surface area contributed by atoms with E-state index in [2.05, 4.69) is 5.32 Å². The molecule has 0 aliphatic carbocycles. The van der Waals surface area contributed by atoms with Crippen LogP contribution in [0.25, 0.3) is 0 Å². The van der Waals surface area contributed by atoms with Crippen molar-refractivity contribution in [3.63, 3.8) is 0 Å². The van der Waals surface area contributed by atoms with Gasteiger partial charge in [0.1, 0.15) is 0 Å². The number of hydrogen-bond donors (Lipinski definition) is 1. The van der Waals surface area contributed by atoms with Gasteiger partial charge in [0.05, 0.1) is 17.0 Å². The number of benzene rings is 2. The van der Waals surface area contributed by atoms with Crippen LogP contribution in [0.3, 0.4) is 0 Å². The van der Waals surface area contributed by atoms with Gasteiger partial charge in [-0.05, 0) is 23.8 Å². The molecule has 0 aliphatic rings. The van der Waals surface area contributed by atoms with Crippen molar-refractivity contribution in [2.75, 3.05) is 5.32 Å². The zero-order valence-corrected chi connectivity index (χ0v) is 14.3. The molecule has 0 radical (unpaired) electrons. The standard InChI is InChI=1S/C19H13F2N3O4/c20-16-7-4-14(9-17(16)21)22-19(26)13-3-8-18(25)23(11-13)10-12-1-5-15(6-2-12)24(27)28/h1-9,11H,10H2,(H,22,26). The van der Waals surface area contributed by atoms with Gasteiger partial charge in [-0.25, -0.2) is 8.78 Å². The summed E-state index contributed by atoms with van der Waals surface area (Å²) >= 11 is 0. The number of nitro groups is 1. The number of amides is 1. The number of halogens is 2. The van der Waals surface area contributed by atoms with Crippen LogP contribution in [0.1, 0.15) is 15.9 Å². The molecule has 0 atom stereocenters. The number of rotatable bonds is 5. The van der Waals surface area contributed by atoms with Crippen molar-refractivity contribution in [3.05, 3.63) is 104 Å². The first-order valence-electron chi connectivity index (χ1n) is 8.04. The lowest BCUT2D eigenvalue weighted by molar-refractivity contribution is -0.384. The third-order valence-electron chi connectivity index (χ3n) is 3.92. The van der Waals surface area contributed by atoms with Gasteiger partial charge in [0.15, 0.2) is 11.6 Å². The minimum absolute atomic E-state index is 0.0667. The zero-order chi connectivity index (χ0) is 20.3. The maximum absolute atomic E-state index is 13.3. The number of carbonyl (C=O) groups is 1. The molecular formula is C19H13F2N3O4. The Bertz CT molecular complexity index is 1110. The van der Waals surface area contributed by atoms with Crippen molar-refractivity contribution in [1.82, 2.24) is 4.57 Å². The van der Waals surface area contributed by atoms with Crippen molar-refractivity contribution < 1.29 is 18.5 Å². The van der Waals surface area contributed by atoms with E-state index in [0.717, 1.165) is 12.1 Å². The van der Waals surface area contributed by atoms with Crippen LogP contribution in [-0.4, -0.2) is 15.4 Å². The van der Waals surface area contributed by atoms with E-state index in [4.69, 9.17) is 0 Å². The second kappa shape index (κ2) is 7.78. The highest BCUT2D eigenvalue weighted by molar-refractivity contribution is 6.04. The van der Waals surface area contributed by atoms with Gasteiger partial charge in [0.2, 0.25) is 0 Å². The first kappa shape index (κ1) is 18.9. The first-order valence-corrected chi connectivity index (χ1v) is 8.04. The molecule has 9 heteroatoms. The number of pyridine rings is 1. The van der Waals surface area contributed by atoms with Crippen LogP contribution in [0, 0.1) is 21.7 Å². The van der Waals surface area contributed by atoms with Gasteiger partial charge in [-0.1, -0.05) is 12.1 Å². The summed E-state index contributed by atoms with van der Waals surface area (Å²) in [5.74, 6) is -2.74. The van der Waals surface area contributed by atoms with Crippen molar-refractivity contribution in [3.8, 4) is 0 Å². The molecule has 0 unspecified atom stereocenters. The summed E-state index contributed by atoms with van der Waals surface area (Å²) in [5.41, 5.74) is 0.382. The molecule has 0 fully saturated rings. The quantitative estimate of drug-likeness (QED) is 0.538. The Hall–Kier alpha value is -3.88. The third kappa shape index (κ3) is 4.26. The molecule has 0 bridgehead atoms. The number of non-ortho nitro benzene ring substituents is 1. The summed E-state index contributed by atoms with van der Waals surface area (Å²) in [6.45, 7) is 0.100. The van der Waals surface area contributed by atoms with Crippen LogP contribution in [0.15, 0.2) is 65.6 Å². The predicted molar refractivity (Wildman–Crippen MR) is 97.2 cm³/mol. The summed E-state index contributed by atoms with van der Waals surface area (Å²) in [5, 5.41) is 13.1. The predicted octanol–water partition coefficient (Wildman–Crippen LogP) is 3.34. The van der Waals surface area contributed by atoms with Crippen LogP contribution in [0.4, 0.5) is 20.2 Å². The van der Waals surface area contributed by atoms with Gasteiger partial charge >= 0.3 is 0 Å². The summed E-state index contributed by atoms with van der Waals surface area (Å²) in [4.78, 5) is 34.5. The summed E-state index contributed by atoms with van der Waals surface area (Å²) in [6, 6.07) is 11.1. The summed E-state index contributed by atoms with van der Waals surface area (Å²) in [7, 11) is 0.